The van der Waals surface area contributed by atoms with Crippen molar-refractivity contribution in [3.8, 4) is 0 Å². The molecule has 2 N–H and O–H groups in total. The maximum atomic E-state index is 16.8. The van der Waals surface area contributed by atoms with Gasteiger partial charge in [-0.1, -0.05) is 171 Å². The van der Waals surface area contributed by atoms with Crippen LogP contribution in [0, 0.1) is 68.0 Å². The van der Waals surface area contributed by atoms with E-state index in [0.29, 0.717) is 63.7 Å². The molecule has 580 valence electrons. The number of carbonyl (C=O) groups is 4. The summed E-state index contributed by atoms with van der Waals surface area (Å²) in [7, 11) is 1.77. The highest BCUT2D eigenvalue weighted by Crippen LogP contribution is 2.76. The number of hydrogen-bond acceptors (Lipinski definition) is 17. The van der Waals surface area contributed by atoms with E-state index in [-0.39, 0.29) is 71.6 Å². The summed E-state index contributed by atoms with van der Waals surface area (Å²) in [5.41, 5.74) is 1.53. The molecule has 3 aromatic carbocycles. The number of esters is 1. The van der Waals surface area contributed by atoms with Crippen molar-refractivity contribution in [2.24, 2.45) is 68.0 Å². The Kier molecular flexibility index (Phi) is 24.2. The fraction of sp³-hybridized carbons (Fsp3) is 0.721. The number of alkyl carbamates (subject to hydrolysis) is 1. The molecular weight excluding hydrogens is 1330 g/mol. The molecule has 24 atom stereocenters. The monoisotopic (exact) mass is 1460 g/mol. The molecule has 5 aliphatic carbocycles. The molecule has 13 unspecified atom stereocenters. The predicted molar refractivity (Wildman–Crippen MR) is 396 cm³/mol. The molecule has 19 nitrogen and oxygen atoms in total. The van der Waals surface area contributed by atoms with Crippen LogP contribution < -0.4 is 10.6 Å². The number of aldehydes is 1. The molecule has 12 rings (SSSR count). The Labute approximate surface area is 625 Å². The summed E-state index contributed by atoms with van der Waals surface area (Å²) in [6, 6.07) is 29.3. The van der Waals surface area contributed by atoms with Crippen LogP contribution in [0.4, 0.5) is 4.79 Å². The first-order valence-electron chi connectivity index (χ1n) is 39.5. The van der Waals surface area contributed by atoms with Crippen molar-refractivity contribution < 1.29 is 80.8 Å². The highest BCUT2D eigenvalue weighted by atomic mass is 16.8. The van der Waals surface area contributed by atoms with Crippen LogP contribution >= 0.6 is 0 Å². The molecule has 8 fully saturated rings. The molecule has 0 spiro atoms. The van der Waals surface area contributed by atoms with E-state index in [4.69, 9.17) is 61.6 Å². The number of nitrogens with one attached hydrogen (secondary N) is 2. The van der Waals surface area contributed by atoms with Crippen molar-refractivity contribution >= 4 is 24.3 Å². The number of methoxy groups -OCH3 is 1. The van der Waals surface area contributed by atoms with Crippen LogP contribution in [-0.4, -0.2) is 142 Å². The van der Waals surface area contributed by atoms with Crippen LogP contribution in [0.15, 0.2) is 103 Å². The van der Waals surface area contributed by atoms with Gasteiger partial charge >= 0.3 is 12.1 Å². The third kappa shape index (κ3) is 16.4. The van der Waals surface area contributed by atoms with Crippen molar-refractivity contribution in [1.82, 2.24) is 10.6 Å². The lowest BCUT2D eigenvalue weighted by Gasteiger charge is -2.71. The molecule has 4 saturated heterocycles. The lowest BCUT2D eigenvalue weighted by Crippen LogP contribution is -2.68. The Balaban J connectivity index is 0.852. The SMILES string of the molecule is COC1C[C@]2(C)C(=CCC3C4(C)CC[C@H](C)[C@](C)(C=O)[C@@H]4CC[C@@]32C)C2CC(C)(C)CC[C@]12C(=O)O[C@@H]1O[C@@H](COCc2ccccc2)C(NC(=O)CCCCCNC(=O)OC(C)(C)C)C(C)C1O[C@@H]1O[C@H](C)C(O[C@@H]2OCC(OCc3ccccc3)C(OCc3ccccc3)C2C)C2OC(C)(C)OC21. The smallest absolute Gasteiger partial charge is 0.407 e. The Morgan fingerprint density at radius 2 is 1.31 bits per heavy atom. The van der Waals surface area contributed by atoms with E-state index in [1.807, 2.05) is 139 Å². The number of fused-ring (bicyclic) bond motifs is 8. The van der Waals surface area contributed by atoms with E-state index >= 15 is 4.79 Å². The van der Waals surface area contributed by atoms with Crippen molar-refractivity contribution in [3.63, 3.8) is 0 Å². The molecule has 4 saturated carbocycles. The van der Waals surface area contributed by atoms with E-state index < -0.39 is 120 Å². The van der Waals surface area contributed by atoms with Gasteiger partial charge in [0.25, 0.3) is 0 Å². The Hall–Kier alpha value is -5.16. The zero-order valence-electron chi connectivity index (χ0n) is 65.7. The van der Waals surface area contributed by atoms with Crippen LogP contribution in [-0.2, 0) is 95.8 Å². The molecule has 0 bridgehead atoms. The number of benzene rings is 3. The molecule has 9 aliphatic rings. The molecule has 19 heteroatoms. The van der Waals surface area contributed by atoms with E-state index in [1.165, 1.54) is 11.9 Å². The van der Waals surface area contributed by atoms with Gasteiger partial charge in [0.2, 0.25) is 12.2 Å². The van der Waals surface area contributed by atoms with Gasteiger partial charge in [-0.3, -0.25) is 9.59 Å². The van der Waals surface area contributed by atoms with E-state index in [9.17, 15) is 14.4 Å². The lowest BCUT2D eigenvalue weighted by atomic mass is 9.33. The standard InChI is InChI=1S/C86H124N2O17/c1-53-38-40-82(12)64(83(53,13)52-89)39-41-84(14)65(82)37-36-60-61-45-80(8,9)42-43-86(61,66(93-16)46-85(60,84)15)77(91)102-75-70(54(2)68(62(99-75)50-94-47-57-29-21-17-22-30-57)88-67(90)35-27-20-28-44-87-78(92)105-79(5,6)7)100-76-73-72(103-81(10,11)104-73)71(56(4)98-76)101-74-55(3)69(96-49-59-33-25-19-26-34-59)63(51-97-74)95-48-58-31-23-18-24-32-58/h17-19,21-26,29-34,36,52-56,61-66,68-76H,20,27-28,35,37-51H2,1-16H3,(H,87,92)(H,88,90)/t53-,54?,55?,56+,61?,62-,63?,64+,65?,66?,68?,69?,70?,71?,72?,73?,74-,75-,76-,82?,83-,84-,85+,86+/m0/s1. The van der Waals surface area contributed by atoms with Crippen molar-refractivity contribution in [1.29, 1.82) is 0 Å². The van der Waals surface area contributed by atoms with Gasteiger partial charge in [-0.2, -0.15) is 0 Å². The summed E-state index contributed by atoms with van der Waals surface area (Å²) in [6.45, 7) is 33.5. The second-order valence-corrected chi connectivity index (χ2v) is 35.9. The molecular formula is C86H124N2O17. The number of carbonyl (C=O) groups excluding carboxylic acids is 4. The average molecular weight is 1460 g/mol. The minimum absolute atomic E-state index is 0.0329. The Morgan fingerprint density at radius 3 is 1.97 bits per heavy atom. The topological polar surface area (TPSA) is 212 Å². The van der Waals surface area contributed by atoms with Crippen LogP contribution in [0.5, 0.6) is 0 Å². The number of ether oxygens (including phenoxy) is 13. The fourth-order valence-electron chi connectivity index (χ4n) is 20.9. The maximum absolute atomic E-state index is 16.8. The number of allylic oxidation sites excluding steroid dienone is 2. The van der Waals surface area contributed by atoms with Gasteiger partial charge in [0, 0.05) is 37.3 Å². The minimum Gasteiger partial charge on any atom is -0.444 e. The highest BCUT2D eigenvalue weighted by molar-refractivity contribution is 5.80. The summed E-state index contributed by atoms with van der Waals surface area (Å²) >= 11 is 0. The second kappa shape index (κ2) is 32.0. The van der Waals surface area contributed by atoms with Gasteiger partial charge < -0.3 is 77.0 Å². The zero-order valence-corrected chi connectivity index (χ0v) is 65.7. The zero-order chi connectivity index (χ0) is 75.1. The van der Waals surface area contributed by atoms with Crippen molar-refractivity contribution in [2.75, 3.05) is 26.9 Å². The normalized spacial score (nSPS) is 39.7. The van der Waals surface area contributed by atoms with E-state index in [0.717, 1.165) is 61.6 Å². The first-order chi connectivity index (χ1) is 49.9. The molecule has 4 aliphatic heterocycles. The first kappa shape index (κ1) is 79.4. The number of amides is 2. The summed E-state index contributed by atoms with van der Waals surface area (Å²) < 4.78 is 89.1. The minimum atomic E-state index is -1.36. The molecule has 0 radical (unpaired) electrons. The quantitative estimate of drug-likeness (QED) is 0.0349. The van der Waals surface area contributed by atoms with Gasteiger partial charge in [-0.25, -0.2) is 4.79 Å². The van der Waals surface area contributed by atoms with Crippen LogP contribution in [0.2, 0.25) is 0 Å². The van der Waals surface area contributed by atoms with Gasteiger partial charge in [0.05, 0.1) is 57.4 Å². The molecule has 0 aromatic heterocycles. The molecule has 105 heavy (non-hydrogen) atoms. The van der Waals surface area contributed by atoms with E-state index in [1.54, 1.807) is 7.11 Å². The highest BCUT2D eigenvalue weighted by Gasteiger charge is 2.73. The average Bonchev–Trinajstić information content (AvgIpc) is 1.17. The fourth-order valence-corrected chi connectivity index (χ4v) is 20.9. The predicted octanol–water partition coefficient (Wildman–Crippen LogP) is 15.1. The van der Waals surface area contributed by atoms with Crippen molar-refractivity contribution in [3.05, 3.63) is 119 Å². The molecule has 4 heterocycles. The number of unbranched alkanes of at least 4 members (excludes halogenated alkanes) is 2. The van der Waals surface area contributed by atoms with Gasteiger partial charge in [0.15, 0.2) is 18.4 Å². The van der Waals surface area contributed by atoms with Gasteiger partial charge in [0.1, 0.15) is 53.9 Å². The maximum Gasteiger partial charge on any atom is 0.407 e. The Morgan fingerprint density at radius 1 is 0.667 bits per heavy atom. The van der Waals surface area contributed by atoms with E-state index in [2.05, 4.69) is 72.1 Å². The number of hydrogen-bond donors (Lipinski definition) is 2. The first-order valence-corrected chi connectivity index (χ1v) is 39.5. The second-order valence-electron chi connectivity index (χ2n) is 35.9. The molecule has 2 amide bonds. The Bertz CT molecular complexity index is 3460. The van der Waals surface area contributed by atoms with Crippen LogP contribution in [0.3, 0.4) is 0 Å². The van der Waals surface area contributed by atoms with Crippen LogP contribution in [0.25, 0.3) is 0 Å². The summed E-state index contributed by atoms with van der Waals surface area (Å²) in [6.07, 6.45) is 3.38. The summed E-state index contributed by atoms with van der Waals surface area (Å²) in [4.78, 5) is 57.2. The third-order valence-corrected chi connectivity index (χ3v) is 27.0. The summed E-state index contributed by atoms with van der Waals surface area (Å²) in [5.74, 6) is -2.02. The van der Waals surface area contributed by atoms with Gasteiger partial charge in [-0.05, 0) is 174 Å². The van der Waals surface area contributed by atoms with Gasteiger partial charge in [-0.15, -0.1) is 0 Å². The largest absolute Gasteiger partial charge is 0.444 e. The molecule has 3 aromatic rings. The van der Waals surface area contributed by atoms with Crippen molar-refractivity contribution in [2.45, 2.75) is 298 Å². The summed E-state index contributed by atoms with van der Waals surface area (Å²) in [5, 5.41) is 6.22. The number of rotatable bonds is 25. The van der Waals surface area contributed by atoms with Crippen LogP contribution in [0.1, 0.15) is 204 Å². The third-order valence-electron chi connectivity index (χ3n) is 27.0. The lowest BCUT2D eigenvalue weighted by molar-refractivity contribution is -0.354.